The maximum atomic E-state index is 12.8. The molecule has 31 heavy (non-hydrogen) atoms. The first-order valence-corrected chi connectivity index (χ1v) is 10.7. The Labute approximate surface area is 180 Å². The van der Waals surface area contributed by atoms with Gasteiger partial charge in [0.15, 0.2) is 0 Å². The molecule has 1 saturated carbocycles. The molecular weight excluding hydrogens is 397 g/mol. The molecule has 1 aliphatic carbocycles. The van der Waals surface area contributed by atoms with Gasteiger partial charge in [0.05, 0.1) is 5.56 Å². The van der Waals surface area contributed by atoms with E-state index in [9.17, 15) is 13.2 Å². The molecule has 160 valence electrons. The van der Waals surface area contributed by atoms with Crippen molar-refractivity contribution < 1.29 is 13.2 Å². The summed E-state index contributed by atoms with van der Waals surface area (Å²) in [7, 11) is 0. The van der Waals surface area contributed by atoms with Crippen molar-refractivity contribution in [2.45, 2.75) is 25.3 Å². The molecule has 1 aliphatic heterocycles. The summed E-state index contributed by atoms with van der Waals surface area (Å²) in [4.78, 5) is 4.80. The second kappa shape index (κ2) is 8.04. The van der Waals surface area contributed by atoms with E-state index >= 15 is 0 Å². The molecule has 3 aromatic rings. The Morgan fingerprint density at radius 3 is 1.65 bits per heavy atom. The molecule has 5 rings (SSSR count). The second-order valence-electron chi connectivity index (χ2n) is 8.64. The minimum Gasteiger partial charge on any atom is -0.371 e. The number of halogens is 3. The van der Waals surface area contributed by atoms with Crippen molar-refractivity contribution in [2.24, 2.45) is 11.8 Å². The number of hydrogen-bond acceptors (Lipinski definition) is 2. The Kier molecular flexibility index (Phi) is 5.22. The zero-order valence-corrected chi connectivity index (χ0v) is 17.2. The smallest absolute Gasteiger partial charge is 0.371 e. The minimum atomic E-state index is -4.29. The number of rotatable bonds is 6. The van der Waals surface area contributed by atoms with Gasteiger partial charge in [-0.1, -0.05) is 60.7 Å². The lowest BCUT2D eigenvalue weighted by atomic mass is 10.1. The van der Waals surface area contributed by atoms with Gasteiger partial charge in [0.1, 0.15) is 0 Å². The molecule has 2 nitrogen and oxygen atoms in total. The van der Waals surface area contributed by atoms with Crippen molar-refractivity contribution in [3.8, 4) is 0 Å². The van der Waals surface area contributed by atoms with E-state index in [2.05, 4.69) is 58.3 Å². The summed E-state index contributed by atoms with van der Waals surface area (Å²) >= 11 is 0. The zero-order chi connectivity index (χ0) is 21.4. The quantitative estimate of drug-likeness (QED) is 0.492. The van der Waals surface area contributed by atoms with E-state index in [0.717, 1.165) is 31.9 Å². The van der Waals surface area contributed by atoms with Gasteiger partial charge in [0.25, 0.3) is 0 Å². The molecule has 0 bridgehead atoms. The van der Waals surface area contributed by atoms with Crippen LogP contribution in [0, 0.1) is 11.8 Å². The van der Waals surface area contributed by atoms with E-state index < -0.39 is 11.7 Å². The van der Waals surface area contributed by atoms with Crippen LogP contribution in [0.5, 0.6) is 0 Å². The third-order valence-electron chi connectivity index (χ3n) is 6.59. The fourth-order valence-electron chi connectivity index (χ4n) is 5.01. The Morgan fingerprint density at radius 1 is 0.710 bits per heavy atom. The largest absolute Gasteiger partial charge is 0.416 e. The number of benzene rings is 3. The van der Waals surface area contributed by atoms with Gasteiger partial charge in [0, 0.05) is 37.9 Å². The number of hydrogen-bond donors (Lipinski definition) is 0. The van der Waals surface area contributed by atoms with Gasteiger partial charge in [-0.25, -0.2) is 0 Å². The van der Waals surface area contributed by atoms with Crippen LogP contribution in [0.4, 0.5) is 18.9 Å². The van der Waals surface area contributed by atoms with Crippen molar-refractivity contribution in [1.82, 2.24) is 4.90 Å². The number of piperidine rings is 1. The van der Waals surface area contributed by atoms with E-state index in [1.165, 1.54) is 23.3 Å². The van der Waals surface area contributed by atoms with Crippen molar-refractivity contribution in [3.63, 3.8) is 0 Å². The highest BCUT2D eigenvalue weighted by atomic mass is 19.4. The van der Waals surface area contributed by atoms with E-state index in [-0.39, 0.29) is 0 Å². The normalized spacial score (nSPS) is 22.6. The Morgan fingerprint density at radius 2 is 1.19 bits per heavy atom. The summed E-state index contributed by atoms with van der Waals surface area (Å²) in [6.07, 6.45) is -4.29. The first-order valence-electron chi connectivity index (χ1n) is 10.7. The fraction of sp³-hybridized carbons (Fsp3) is 0.308. The number of anilines is 1. The standard InChI is InChI=1S/C26H25F3N2/c27-26(28,29)21-11-13-22(14-12-21)30-17-23-24(18-30)25(23)31(15-19-7-3-1-4-8-19)16-20-9-5-2-6-10-20/h1-14,23-25H,15-18H2/t23-,24?,25?/m0/s1. The topological polar surface area (TPSA) is 6.48 Å². The predicted molar refractivity (Wildman–Crippen MR) is 117 cm³/mol. The lowest BCUT2D eigenvalue weighted by Gasteiger charge is -2.28. The molecule has 0 N–H and O–H groups in total. The molecule has 3 atom stereocenters. The maximum Gasteiger partial charge on any atom is 0.416 e. The van der Waals surface area contributed by atoms with Crippen LogP contribution in [-0.4, -0.2) is 24.0 Å². The Bertz CT molecular complexity index is 949. The Hall–Kier alpha value is -2.79. The van der Waals surface area contributed by atoms with Crippen LogP contribution in [0.2, 0.25) is 0 Å². The van der Waals surface area contributed by atoms with Crippen LogP contribution in [-0.2, 0) is 19.3 Å². The number of alkyl halides is 3. The zero-order valence-electron chi connectivity index (χ0n) is 17.2. The number of nitrogens with zero attached hydrogens (tertiary/aromatic N) is 2. The van der Waals surface area contributed by atoms with Gasteiger partial charge in [-0.3, -0.25) is 4.90 Å². The molecule has 0 spiro atoms. The average Bonchev–Trinajstić information content (AvgIpc) is 3.27. The molecule has 2 unspecified atom stereocenters. The van der Waals surface area contributed by atoms with Gasteiger partial charge in [-0.2, -0.15) is 13.2 Å². The fourth-order valence-corrected chi connectivity index (χ4v) is 5.01. The van der Waals surface area contributed by atoms with Crippen molar-refractivity contribution in [2.75, 3.05) is 18.0 Å². The third-order valence-corrected chi connectivity index (χ3v) is 6.59. The average molecular weight is 422 g/mol. The molecule has 2 fully saturated rings. The summed E-state index contributed by atoms with van der Waals surface area (Å²) in [6, 6.07) is 27.2. The van der Waals surface area contributed by atoms with Gasteiger partial charge in [0.2, 0.25) is 0 Å². The monoisotopic (exact) mass is 422 g/mol. The predicted octanol–water partition coefficient (Wildman–Crippen LogP) is 5.84. The lowest BCUT2D eigenvalue weighted by Crippen LogP contribution is -2.34. The second-order valence-corrected chi connectivity index (χ2v) is 8.64. The van der Waals surface area contributed by atoms with Gasteiger partial charge < -0.3 is 4.90 Å². The highest BCUT2D eigenvalue weighted by Gasteiger charge is 2.58. The van der Waals surface area contributed by atoms with E-state index in [1.807, 2.05) is 12.1 Å². The maximum absolute atomic E-state index is 12.8. The summed E-state index contributed by atoms with van der Waals surface area (Å²) in [6.45, 7) is 3.63. The van der Waals surface area contributed by atoms with Crippen LogP contribution in [0.3, 0.4) is 0 Å². The van der Waals surface area contributed by atoms with Crippen LogP contribution in [0.1, 0.15) is 16.7 Å². The van der Waals surface area contributed by atoms with Gasteiger partial charge >= 0.3 is 6.18 Å². The highest BCUT2D eigenvalue weighted by molar-refractivity contribution is 5.51. The summed E-state index contributed by atoms with van der Waals surface area (Å²) in [5.41, 5.74) is 2.91. The van der Waals surface area contributed by atoms with E-state index in [0.29, 0.717) is 17.9 Å². The van der Waals surface area contributed by atoms with Crippen LogP contribution < -0.4 is 4.90 Å². The third kappa shape index (κ3) is 4.33. The van der Waals surface area contributed by atoms with Crippen molar-refractivity contribution in [3.05, 3.63) is 102 Å². The van der Waals surface area contributed by atoms with E-state index in [4.69, 9.17) is 0 Å². The van der Waals surface area contributed by atoms with Crippen molar-refractivity contribution in [1.29, 1.82) is 0 Å². The molecule has 0 aromatic heterocycles. The lowest BCUT2D eigenvalue weighted by molar-refractivity contribution is -0.137. The molecule has 1 saturated heterocycles. The first-order chi connectivity index (χ1) is 15.0. The van der Waals surface area contributed by atoms with Gasteiger partial charge in [-0.15, -0.1) is 0 Å². The summed E-state index contributed by atoms with van der Waals surface area (Å²) in [5, 5.41) is 0. The molecule has 5 heteroatoms. The highest BCUT2D eigenvalue weighted by Crippen LogP contribution is 2.50. The van der Waals surface area contributed by atoms with E-state index in [1.54, 1.807) is 12.1 Å². The van der Waals surface area contributed by atoms with Crippen LogP contribution in [0.25, 0.3) is 0 Å². The van der Waals surface area contributed by atoms with Crippen LogP contribution >= 0.6 is 0 Å². The molecule has 0 amide bonds. The molecule has 2 aliphatic rings. The Balaban J connectivity index is 1.27. The molecule has 0 radical (unpaired) electrons. The summed E-state index contributed by atoms with van der Waals surface area (Å²) in [5.74, 6) is 1.13. The first kappa shape index (κ1) is 20.1. The molecule has 1 heterocycles. The molecular formula is C26H25F3N2. The summed E-state index contributed by atoms with van der Waals surface area (Å²) < 4.78 is 38.5. The molecule has 3 aromatic carbocycles. The minimum absolute atomic E-state index is 0.520. The number of fused-ring (bicyclic) bond motifs is 1. The van der Waals surface area contributed by atoms with Crippen LogP contribution in [0.15, 0.2) is 84.9 Å². The SMILES string of the molecule is FC(F)(F)c1ccc(N2CC3C(N(Cc4ccccc4)Cc4ccccc4)[C@H]3C2)cc1. The van der Waals surface area contributed by atoms with Crippen molar-refractivity contribution >= 4 is 5.69 Å². The van der Waals surface area contributed by atoms with Gasteiger partial charge in [-0.05, 0) is 47.2 Å².